The molecule has 2 nitrogen and oxygen atoms in total. The smallest absolute Gasteiger partial charge is 0.162 e. The molecule has 0 heterocycles. The predicted octanol–water partition coefficient (Wildman–Crippen LogP) is 3.72. The van der Waals surface area contributed by atoms with Crippen molar-refractivity contribution in [2.75, 3.05) is 6.54 Å². The summed E-state index contributed by atoms with van der Waals surface area (Å²) >= 11 is 0. The van der Waals surface area contributed by atoms with Gasteiger partial charge in [0, 0.05) is 12.0 Å². The second kappa shape index (κ2) is 7.39. The lowest BCUT2D eigenvalue weighted by molar-refractivity contribution is 0.0968. The molecule has 1 atom stereocenters. The number of aryl methyl sites for hydroxylation is 1. The zero-order valence-electron chi connectivity index (χ0n) is 12.1. The SMILES string of the molecule is Cc1cc(F)cc(C(=O)CCC(CCN)C(C)C)c1. The molecule has 0 spiro atoms. The van der Waals surface area contributed by atoms with E-state index in [-0.39, 0.29) is 11.6 Å². The van der Waals surface area contributed by atoms with Crippen molar-refractivity contribution in [2.45, 2.75) is 40.0 Å². The molecule has 0 aromatic heterocycles. The summed E-state index contributed by atoms with van der Waals surface area (Å²) in [5.74, 6) is 0.658. The number of rotatable bonds is 7. The van der Waals surface area contributed by atoms with Crippen molar-refractivity contribution in [3.8, 4) is 0 Å². The molecule has 0 bridgehead atoms. The van der Waals surface area contributed by atoms with E-state index in [2.05, 4.69) is 13.8 Å². The first-order valence-corrected chi connectivity index (χ1v) is 6.94. The summed E-state index contributed by atoms with van der Waals surface area (Å²) in [5, 5.41) is 0. The van der Waals surface area contributed by atoms with Gasteiger partial charge in [0.25, 0.3) is 0 Å². The fraction of sp³-hybridized carbons (Fsp3) is 0.562. The van der Waals surface area contributed by atoms with E-state index in [1.807, 2.05) is 0 Å². The summed E-state index contributed by atoms with van der Waals surface area (Å²) in [5.41, 5.74) is 6.85. The Bertz CT molecular complexity index is 409. The molecule has 1 aromatic carbocycles. The van der Waals surface area contributed by atoms with Crippen molar-refractivity contribution in [2.24, 2.45) is 17.6 Å². The van der Waals surface area contributed by atoms with Crippen molar-refractivity contribution in [3.05, 3.63) is 35.1 Å². The zero-order chi connectivity index (χ0) is 14.4. The number of hydrogen-bond donors (Lipinski definition) is 1. The number of halogens is 1. The van der Waals surface area contributed by atoms with Crippen molar-refractivity contribution in [1.82, 2.24) is 0 Å². The molecule has 0 fully saturated rings. The Hall–Kier alpha value is -1.22. The Morgan fingerprint density at radius 1 is 1.26 bits per heavy atom. The van der Waals surface area contributed by atoms with Crippen LogP contribution in [-0.2, 0) is 0 Å². The van der Waals surface area contributed by atoms with Gasteiger partial charge < -0.3 is 5.73 Å². The maximum Gasteiger partial charge on any atom is 0.162 e. The van der Waals surface area contributed by atoms with E-state index in [0.717, 1.165) is 18.4 Å². The van der Waals surface area contributed by atoms with Gasteiger partial charge in [0.05, 0.1) is 0 Å². The largest absolute Gasteiger partial charge is 0.330 e. The van der Waals surface area contributed by atoms with Crippen LogP contribution in [0.5, 0.6) is 0 Å². The van der Waals surface area contributed by atoms with Crippen LogP contribution in [0.15, 0.2) is 18.2 Å². The Balaban J connectivity index is 2.63. The number of Topliss-reactive ketones (excluding diaryl/α,β-unsaturated/α-hetero) is 1. The highest BCUT2D eigenvalue weighted by molar-refractivity contribution is 5.96. The fourth-order valence-corrected chi connectivity index (χ4v) is 2.38. The summed E-state index contributed by atoms with van der Waals surface area (Å²) in [6, 6.07) is 4.50. The topological polar surface area (TPSA) is 43.1 Å². The first-order chi connectivity index (χ1) is 8.93. The van der Waals surface area contributed by atoms with Gasteiger partial charge in [0.2, 0.25) is 0 Å². The second-order valence-corrected chi connectivity index (χ2v) is 5.56. The van der Waals surface area contributed by atoms with Gasteiger partial charge in [-0.15, -0.1) is 0 Å². The molecule has 0 saturated heterocycles. The normalized spacial score (nSPS) is 12.7. The van der Waals surface area contributed by atoms with E-state index in [4.69, 9.17) is 5.73 Å². The maximum absolute atomic E-state index is 13.3. The minimum absolute atomic E-state index is 0.0188. The molecule has 0 saturated carbocycles. The van der Waals surface area contributed by atoms with Gasteiger partial charge in [-0.1, -0.05) is 13.8 Å². The second-order valence-electron chi connectivity index (χ2n) is 5.56. The minimum Gasteiger partial charge on any atom is -0.330 e. The minimum atomic E-state index is -0.342. The van der Waals surface area contributed by atoms with E-state index in [0.29, 0.717) is 30.4 Å². The van der Waals surface area contributed by atoms with E-state index in [9.17, 15) is 9.18 Å². The molecular weight excluding hydrogens is 241 g/mol. The Labute approximate surface area is 115 Å². The predicted molar refractivity (Wildman–Crippen MR) is 76.7 cm³/mol. The molecule has 0 amide bonds. The van der Waals surface area contributed by atoms with Gasteiger partial charge in [-0.05, 0) is 61.9 Å². The van der Waals surface area contributed by atoms with Crippen molar-refractivity contribution in [1.29, 1.82) is 0 Å². The first-order valence-electron chi connectivity index (χ1n) is 6.94. The molecular formula is C16H24FNO. The molecule has 1 aromatic rings. The van der Waals surface area contributed by atoms with Gasteiger partial charge >= 0.3 is 0 Å². The molecule has 3 heteroatoms. The monoisotopic (exact) mass is 265 g/mol. The molecule has 0 aliphatic rings. The number of ketones is 1. The average Bonchev–Trinajstić information content (AvgIpc) is 2.32. The van der Waals surface area contributed by atoms with Crippen LogP contribution in [0.1, 0.15) is 49.0 Å². The van der Waals surface area contributed by atoms with Gasteiger partial charge in [-0.3, -0.25) is 4.79 Å². The van der Waals surface area contributed by atoms with Crippen LogP contribution in [0.4, 0.5) is 4.39 Å². The molecule has 2 N–H and O–H groups in total. The number of nitrogens with two attached hydrogens (primary N) is 1. The molecule has 0 aliphatic carbocycles. The van der Waals surface area contributed by atoms with Gasteiger partial charge in [0.1, 0.15) is 5.82 Å². The van der Waals surface area contributed by atoms with E-state index in [1.54, 1.807) is 13.0 Å². The van der Waals surface area contributed by atoms with E-state index < -0.39 is 0 Å². The lowest BCUT2D eigenvalue weighted by atomic mass is 9.87. The summed E-state index contributed by atoms with van der Waals surface area (Å²) in [6.07, 6.45) is 2.22. The third-order valence-electron chi connectivity index (χ3n) is 3.59. The molecule has 19 heavy (non-hydrogen) atoms. The highest BCUT2D eigenvalue weighted by Gasteiger charge is 2.15. The van der Waals surface area contributed by atoms with Crippen molar-refractivity contribution in [3.63, 3.8) is 0 Å². The maximum atomic E-state index is 13.3. The lowest BCUT2D eigenvalue weighted by Crippen LogP contribution is -2.16. The average molecular weight is 265 g/mol. The van der Waals surface area contributed by atoms with Crippen LogP contribution in [0, 0.1) is 24.6 Å². The zero-order valence-corrected chi connectivity index (χ0v) is 12.1. The molecule has 106 valence electrons. The van der Waals surface area contributed by atoms with E-state index >= 15 is 0 Å². The van der Waals surface area contributed by atoms with Crippen LogP contribution < -0.4 is 5.73 Å². The van der Waals surface area contributed by atoms with Crippen molar-refractivity contribution >= 4 is 5.78 Å². The molecule has 1 rings (SSSR count). The third kappa shape index (κ3) is 5.11. The summed E-state index contributed by atoms with van der Waals surface area (Å²) in [4.78, 5) is 12.1. The summed E-state index contributed by atoms with van der Waals surface area (Å²) in [6.45, 7) is 6.75. The number of hydrogen-bond acceptors (Lipinski definition) is 2. The van der Waals surface area contributed by atoms with E-state index in [1.165, 1.54) is 12.1 Å². The van der Waals surface area contributed by atoms with Crippen LogP contribution in [0.3, 0.4) is 0 Å². The molecule has 0 radical (unpaired) electrons. The number of carbonyl (C=O) groups is 1. The van der Waals surface area contributed by atoms with Crippen LogP contribution in [0.2, 0.25) is 0 Å². The molecule has 1 unspecified atom stereocenters. The van der Waals surface area contributed by atoms with Gasteiger partial charge in [-0.25, -0.2) is 4.39 Å². The Morgan fingerprint density at radius 2 is 1.95 bits per heavy atom. The highest BCUT2D eigenvalue weighted by atomic mass is 19.1. The van der Waals surface area contributed by atoms with Gasteiger partial charge in [-0.2, -0.15) is 0 Å². The summed E-state index contributed by atoms with van der Waals surface area (Å²) in [7, 11) is 0. The van der Waals surface area contributed by atoms with Crippen LogP contribution >= 0.6 is 0 Å². The summed E-state index contributed by atoms with van der Waals surface area (Å²) < 4.78 is 13.3. The number of benzene rings is 1. The number of carbonyl (C=O) groups excluding carboxylic acids is 1. The standard InChI is InChI=1S/C16H24FNO/c1-11(2)13(6-7-18)4-5-16(19)14-8-12(3)9-15(17)10-14/h8-11,13H,4-7,18H2,1-3H3. The Morgan fingerprint density at radius 3 is 2.47 bits per heavy atom. The third-order valence-corrected chi connectivity index (χ3v) is 3.59. The quantitative estimate of drug-likeness (QED) is 0.764. The fourth-order valence-electron chi connectivity index (χ4n) is 2.38. The van der Waals surface area contributed by atoms with Crippen LogP contribution in [-0.4, -0.2) is 12.3 Å². The first kappa shape index (κ1) is 15.8. The lowest BCUT2D eigenvalue weighted by Gasteiger charge is -2.19. The molecule has 0 aliphatic heterocycles. The Kier molecular flexibility index (Phi) is 6.16. The van der Waals surface area contributed by atoms with Crippen LogP contribution in [0.25, 0.3) is 0 Å². The van der Waals surface area contributed by atoms with Crippen molar-refractivity contribution < 1.29 is 9.18 Å². The van der Waals surface area contributed by atoms with Gasteiger partial charge in [0.15, 0.2) is 5.78 Å². The highest BCUT2D eigenvalue weighted by Crippen LogP contribution is 2.22.